The maximum atomic E-state index is 2.40. The lowest BCUT2D eigenvalue weighted by atomic mass is 9.53. The fourth-order valence-corrected chi connectivity index (χ4v) is 1.76. The first kappa shape index (κ1) is 13.1. The zero-order valence-electron chi connectivity index (χ0n) is 10.4. The molecule has 0 heterocycles. The zero-order valence-corrected chi connectivity index (χ0v) is 10.4. The van der Waals surface area contributed by atoms with Gasteiger partial charge < -0.3 is 0 Å². The highest BCUT2D eigenvalue weighted by molar-refractivity contribution is 6.35. The molecule has 0 rings (SSSR count). The van der Waals surface area contributed by atoms with Crippen molar-refractivity contribution in [2.24, 2.45) is 11.3 Å². The maximum Gasteiger partial charge on any atom is 0.110 e. The van der Waals surface area contributed by atoms with Gasteiger partial charge >= 0.3 is 0 Å². The van der Waals surface area contributed by atoms with Crippen LogP contribution in [0, 0.1) is 11.3 Å². The van der Waals surface area contributed by atoms with Crippen LogP contribution in [0.4, 0.5) is 0 Å². The summed E-state index contributed by atoms with van der Waals surface area (Å²) in [6.45, 7) is 14.0. The quantitative estimate of drug-likeness (QED) is 0.532. The summed E-state index contributed by atoms with van der Waals surface area (Å²) in [5, 5.41) is 0. The largest absolute Gasteiger partial charge is 0.110 e. The fourth-order valence-electron chi connectivity index (χ4n) is 1.76. The van der Waals surface area contributed by atoms with E-state index in [1.54, 1.807) is 0 Å². The van der Waals surface area contributed by atoms with E-state index in [2.05, 4.69) is 48.7 Å². The molecule has 0 nitrogen and oxygen atoms in total. The van der Waals surface area contributed by atoms with Gasteiger partial charge in [-0.2, -0.15) is 0 Å². The summed E-state index contributed by atoms with van der Waals surface area (Å²) in [6.07, 6.45) is 4.08. The summed E-state index contributed by atoms with van der Waals surface area (Å²) in [5.74, 6) is 1.55. The van der Waals surface area contributed by atoms with E-state index >= 15 is 0 Å². The van der Waals surface area contributed by atoms with Crippen LogP contribution in [0.1, 0.15) is 53.9 Å². The van der Waals surface area contributed by atoms with Gasteiger partial charge in [-0.05, 0) is 11.3 Å². The Balaban J connectivity index is 4.09. The van der Waals surface area contributed by atoms with Crippen molar-refractivity contribution in [3.8, 4) is 0 Å². The molecular weight excluding hydrogens is 155 g/mol. The van der Waals surface area contributed by atoms with E-state index in [0.717, 1.165) is 11.7 Å². The monoisotopic (exact) mass is 181 g/mol. The molecule has 0 saturated carbocycles. The molecule has 0 amide bonds. The van der Waals surface area contributed by atoms with E-state index in [9.17, 15) is 0 Å². The van der Waals surface area contributed by atoms with Crippen LogP contribution in [0.3, 0.4) is 0 Å². The second-order valence-corrected chi connectivity index (χ2v) is 4.99. The van der Waals surface area contributed by atoms with Crippen molar-refractivity contribution in [2.75, 3.05) is 0 Å². The second kappa shape index (κ2) is 5.72. The average Bonchev–Trinajstić information content (AvgIpc) is 2.12. The molecule has 0 fully saturated rings. The molecule has 1 heteroatoms. The van der Waals surface area contributed by atoms with Crippen LogP contribution in [-0.2, 0) is 0 Å². The lowest BCUT2D eigenvalue weighted by Gasteiger charge is -2.37. The van der Waals surface area contributed by atoms with E-state index < -0.39 is 0 Å². The molecule has 2 unspecified atom stereocenters. The molecule has 0 aromatic rings. The van der Waals surface area contributed by atoms with Crippen molar-refractivity contribution in [1.82, 2.24) is 0 Å². The van der Waals surface area contributed by atoms with Crippen molar-refractivity contribution in [3.63, 3.8) is 0 Å². The average molecular weight is 181 g/mol. The van der Waals surface area contributed by atoms with E-state index in [4.69, 9.17) is 0 Å². The predicted octanol–water partition coefficient (Wildman–Crippen LogP) is 4.40. The molecule has 0 aliphatic carbocycles. The van der Waals surface area contributed by atoms with Crippen LogP contribution in [-0.4, -0.2) is 7.28 Å². The van der Waals surface area contributed by atoms with Gasteiger partial charge in [0.1, 0.15) is 7.28 Å². The summed E-state index contributed by atoms with van der Waals surface area (Å²) < 4.78 is 0. The molecule has 0 aliphatic rings. The Kier molecular flexibility index (Phi) is 5.75. The third-order valence-corrected chi connectivity index (χ3v) is 3.93. The van der Waals surface area contributed by atoms with E-state index in [1.165, 1.54) is 19.3 Å². The smallest absolute Gasteiger partial charge is 0.0917 e. The lowest BCUT2D eigenvalue weighted by molar-refractivity contribution is 0.205. The van der Waals surface area contributed by atoms with E-state index in [0.29, 0.717) is 5.41 Å². The van der Waals surface area contributed by atoms with Crippen LogP contribution in [0.15, 0.2) is 0 Å². The number of hydrogen-bond acceptors (Lipinski definition) is 0. The fraction of sp³-hybridized carbons (Fsp3) is 1.00. The van der Waals surface area contributed by atoms with Gasteiger partial charge in [0.25, 0.3) is 0 Å². The van der Waals surface area contributed by atoms with Crippen LogP contribution in [0.25, 0.3) is 0 Å². The molecular formula is C12H26B. The van der Waals surface area contributed by atoms with Gasteiger partial charge in [-0.3, -0.25) is 0 Å². The normalized spacial score (nSPS) is 16.8. The molecule has 0 aromatic heterocycles. The van der Waals surface area contributed by atoms with Crippen LogP contribution >= 0.6 is 0 Å². The van der Waals surface area contributed by atoms with Gasteiger partial charge in [0.15, 0.2) is 0 Å². The van der Waals surface area contributed by atoms with Crippen molar-refractivity contribution in [1.29, 1.82) is 0 Å². The van der Waals surface area contributed by atoms with Gasteiger partial charge in [0, 0.05) is 0 Å². The third kappa shape index (κ3) is 3.75. The molecule has 13 heavy (non-hydrogen) atoms. The highest BCUT2D eigenvalue weighted by Gasteiger charge is 2.30. The summed E-state index contributed by atoms with van der Waals surface area (Å²) >= 11 is 0. The molecule has 77 valence electrons. The molecule has 0 aromatic carbocycles. The van der Waals surface area contributed by atoms with Crippen LogP contribution < -0.4 is 0 Å². The lowest BCUT2D eigenvalue weighted by Crippen LogP contribution is -2.28. The van der Waals surface area contributed by atoms with Gasteiger partial charge in [-0.15, -0.1) is 0 Å². The van der Waals surface area contributed by atoms with Crippen molar-refractivity contribution < 1.29 is 0 Å². The molecule has 0 saturated heterocycles. The van der Waals surface area contributed by atoms with Crippen LogP contribution in [0.5, 0.6) is 0 Å². The zero-order chi connectivity index (χ0) is 10.5. The number of unbranched alkanes of at least 4 members (excludes halogenated alkanes) is 1. The first-order chi connectivity index (χ1) is 5.96. The Morgan fingerprint density at radius 1 is 1.23 bits per heavy atom. The molecule has 0 N–H and O–H groups in total. The highest BCUT2D eigenvalue weighted by Crippen LogP contribution is 2.40. The minimum absolute atomic E-state index is 0.462. The van der Waals surface area contributed by atoms with Crippen molar-refractivity contribution in [3.05, 3.63) is 0 Å². The predicted molar refractivity (Wildman–Crippen MR) is 63.5 cm³/mol. The SMILES string of the molecule is C[B]C(C)C(C)(C)C(C)CCCC. The second-order valence-electron chi connectivity index (χ2n) is 4.99. The Hall–Kier alpha value is 0.0649. The van der Waals surface area contributed by atoms with Crippen LogP contribution in [0.2, 0.25) is 12.6 Å². The first-order valence-electron chi connectivity index (χ1n) is 5.76. The Labute approximate surface area is 85.7 Å². The standard InChI is InChI=1S/C12H26B/c1-7-8-9-10(2)12(4,5)11(3)13-6/h10-11H,7-9H2,1-6H3. The van der Waals surface area contributed by atoms with Gasteiger partial charge in [0.05, 0.1) is 0 Å². The highest BCUT2D eigenvalue weighted by atomic mass is 14.3. The molecule has 0 spiro atoms. The Morgan fingerprint density at radius 2 is 1.77 bits per heavy atom. The minimum atomic E-state index is 0.462. The van der Waals surface area contributed by atoms with Gasteiger partial charge in [0.2, 0.25) is 0 Å². The maximum absolute atomic E-state index is 2.40. The molecule has 0 bridgehead atoms. The third-order valence-electron chi connectivity index (χ3n) is 3.93. The minimum Gasteiger partial charge on any atom is -0.0917 e. The summed E-state index contributed by atoms with van der Waals surface area (Å²) in [6, 6.07) is 0. The molecule has 1 radical (unpaired) electrons. The van der Waals surface area contributed by atoms with Gasteiger partial charge in [-0.1, -0.05) is 66.5 Å². The number of rotatable bonds is 6. The summed E-state index contributed by atoms with van der Waals surface area (Å²) in [5.41, 5.74) is 0.462. The summed E-state index contributed by atoms with van der Waals surface area (Å²) in [4.78, 5) is 0. The van der Waals surface area contributed by atoms with E-state index in [-0.39, 0.29) is 0 Å². The summed E-state index contributed by atoms with van der Waals surface area (Å²) in [7, 11) is 2.34. The van der Waals surface area contributed by atoms with Crippen molar-refractivity contribution >= 4 is 7.28 Å². The number of hydrogen-bond donors (Lipinski definition) is 0. The Morgan fingerprint density at radius 3 is 2.15 bits per heavy atom. The first-order valence-corrected chi connectivity index (χ1v) is 5.76. The topological polar surface area (TPSA) is 0 Å². The Bertz CT molecular complexity index is 129. The molecule has 2 atom stereocenters. The van der Waals surface area contributed by atoms with Crippen molar-refractivity contribution in [2.45, 2.75) is 66.5 Å². The van der Waals surface area contributed by atoms with E-state index in [1.807, 2.05) is 0 Å². The van der Waals surface area contributed by atoms with Gasteiger partial charge in [-0.25, -0.2) is 0 Å². The molecule has 0 aliphatic heterocycles.